The van der Waals surface area contributed by atoms with Gasteiger partial charge in [-0.1, -0.05) is 44.0 Å². The quantitative estimate of drug-likeness (QED) is 0.713. The fourth-order valence-electron chi connectivity index (χ4n) is 1.76. The Morgan fingerprint density at radius 2 is 1.82 bits per heavy atom. The van der Waals surface area contributed by atoms with Gasteiger partial charge in [-0.05, 0) is 30.4 Å². The van der Waals surface area contributed by atoms with Crippen LogP contribution in [0.5, 0.6) is 0 Å². The molecule has 0 unspecified atom stereocenters. The van der Waals surface area contributed by atoms with E-state index in [9.17, 15) is 4.79 Å². The van der Waals surface area contributed by atoms with Gasteiger partial charge in [-0.25, -0.2) is 0 Å². The summed E-state index contributed by atoms with van der Waals surface area (Å²) in [5.41, 5.74) is 7.78. The fourth-order valence-corrected chi connectivity index (χ4v) is 1.76. The summed E-state index contributed by atoms with van der Waals surface area (Å²) in [6.45, 7) is 2.19. The van der Waals surface area contributed by atoms with Gasteiger partial charge < -0.3 is 10.8 Å². The van der Waals surface area contributed by atoms with Crippen molar-refractivity contribution in [2.75, 3.05) is 0 Å². The van der Waals surface area contributed by atoms with Gasteiger partial charge in [0.15, 0.2) is 0 Å². The van der Waals surface area contributed by atoms with Crippen LogP contribution in [0, 0.1) is 0 Å². The monoisotopic (exact) mass is 235 g/mol. The molecule has 1 atom stereocenters. The molecule has 3 nitrogen and oxygen atoms in total. The number of carboxylic acids is 1. The van der Waals surface area contributed by atoms with Crippen LogP contribution in [-0.4, -0.2) is 17.1 Å². The third kappa shape index (κ3) is 5.00. The molecule has 0 aliphatic rings. The van der Waals surface area contributed by atoms with Crippen LogP contribution >= 0.6 is 0 Å². The van der Waals surface area contributed by atoms with E-state index in [0.717, 1.165) is 12.0 Å². The first kappa shape index (κ1) is 13.7. The highest BCUT2D eigenvalue weighted by Gasteiger charge is 2.11. The van der Waals surface area contributed by atoms with Crippen molar-refractivity contribution in [3.63, 3.8) is 0 Å². The first-order chi connectivity index (χ1) is 8.13. The van der Waals surface area contributed by atoms with Gasteiger partial charge in [0.2, 0.25) is 0 Å². The van der Waals surface area contributed by atoms with Gasteiger partial charge in [0.05, 0.1) is 0 Å². The Morgan fingerprint density at radius 3 is 2.35 bits per heavy atom. The predicted molar refractivity (Wildman–Crippen MR) is 69.0 cm³/mol. The topological polar surface area (TPSA) is 63.3 Å². The van der Waals surface area contributed by atoms with Crippen LogP contribution in [0.4, 0.5) is 0 Å². The Hall–Kier alpha value is -1.35. The van der Waals surface area contributed by atoms with Crippen LogP contribution in [0.15, 0.2) is 24.3 Å². The summed E-state index contributed by atoms with van der Waals surface area (Å²) in [7, 11) is 0. The van der Waals surface area contributed by atoms with Crippen molar-refractivity contribution in [1.29, 1.82) is 0 Å². The second-order valence-corrected chi connectivity index (χ2v) is 4.42. The lowest BCUT2D eigenvalue weighted by atomic mass is 10.0. The Kier molecular flexibility index (Phi) is 5.70. The number of aryl methyl sites for hydroxylation is 1. The van der Waals surface area contributed by atoms with E-state index in [1.807, 2.05) is 12.1 Å². The van der Waals surface area contributed by atoms with E-state index in [1.165, 1.54) is 24.8 Å². The maximum Gasteiger partial charge on any atom is 0.320 e. The zero-order valence-electron chi connectivity index (χ0n) is 10.4. The molecular formula is C14H21NO2. The van der Waals surface area contributed by atoms with E-state index in [2.05, 4.69) is 19.1 Å². The SMILES string of the molecule is CCCCCc1ccc(C[C@H](N)C(=O)O)cc1. The molecule has 0 aliphatic heterocycles. The summed E-state index contributed by atoms with van der Waals surface area (Å²) < 4.78 is 0. The van der Waals surface area contributed by atoms with Crippen molar-refractivity contribution in [2.45, 2.75) is 45.1 Å². The minimum absolute atomic E-state index is 0.393. The molecule has 0 saturated heterocycles. The molecule has 0 saturated carbocycles. The molecular weight excluding hydrogens is 214 g/mol. The van der Waals surface area contributed by atoms with Gasteiger partial charge in [0, 0.05) is 0 Å². The summed E-state index contributed by atoms with van der Waals surface area (Å²) >= 11 is 0. The number of rotatable bonds is 7. The van der Waals surface area contributed by atoms with Crippen LogP contribution in [0.3, 0.4) is 0 Å². The van der Waals surface area contributed by atoms with Gasteiger partial charge in [-0.3, -0.25) is 4.79 Å². The molecule has 0 radical (unpaired) electrons. The number of unbranched alkanes of at least 4 members (excludes halogenated alkanes) is 2. The van der Waals surface area contributed by atoms with E-state index in [1.54, 1.807) is 0 Å². The minimum Gasteiger partial charge on any atom is -0.480 e. The minimum atomic E-state index is -0.947. The maximum atomic E-state index is 10.6. The van der Waals surface area contributed by atoms with E-state index < -0.39 is 12.0 Å². The van der Waals surface area contributed by atoms with Crippen molar-refractivity contribution in [3.05, 3.63) is 35.4 Å². The van der Waals surface area contributed by atoms with E-state index in [0.29, 0.717) is 6.42 Å². The van der Waals surface area contributed by atoms with Crippen molar-refractivity contribution in [3.8, 4) is 0 Å². The van der Waals surface area contributed by atoms with E-state index >= 15 is 0 Å². The Morgan fingerprint density at radius 1 is 1.24 bits per heavy atom. The van der Waals surface area contributed by atoms with Crippen LogP contribution in [-0.2, 0) is 17.6 Å². The highest BCUT2D eigenvalue weighted by molar-refractivity contribution is 5.73. The number of carboxylic acid groups (broad SMARTS) is 1. The Bertz CT molecular complexity index is 346. The van der Waals surface area contributed by atoms with Crippen LogP contribution in [0.2, 0.25) is 0 Å². The van der Waals surface area contributed by atoms with E-state index in [4.69, 9.17) is 10.8 Å². The highest BCUT2D eigenvalue weighted by Crippen LogP contribution is 2.10. The molecule has 0 spiro atoms. The van der Waals surface area contributed by atoms with Crippen molar-refractivity contribution >= 4 is 5.97 Å². The lowest BCUT2D eigenvalue weighted by Crippen LogP contribution is -2.32. The number of hydrogen-bond donors (Lipinski definition) is 2. The molecule has 3 N–H and O–H groups in total. The molecule has 0 bridgehead atoms. The van der Waals surface area contributed by atoms with Gasteiger partial charge in [-0.2, -0.15) is 0 Å². The van der Waals surface area contributed by atoms with Crippen LogP contribution in [0.25, 0.3) is 0 Å². The molecule has 0 amide bonds. The molecule has 1 aromatic carbocycles. The summed E-state index contributed by atoms with van der Waals surface area (Å²) in [6.07, 6.45) is 5.19. The van der Waals surface area contributed by atoms with Gasteiger partial charge in [-0.15, -0.1) is 0 Å². The molecule has 17 heavy (non-hydrogen) atoms. The molecule has 1 rings (SSSR count). The molecule has 1 aromatic rings. The van der Waals surface area contributed by atoms with Gasteiger partial charge >= 0.3 is 5.97 Å². The number of benzene rings is 1. The number of aliphatic carboxylic acids is 1. The average molecular weight is 235 g/mol. The molecule has 0 fully saturated rings. The van der Waals surface area contributed by atoms with Gasteiger partial charge in [0.1, 0.15) is 6.04 Å². The van der Waals surface area contributed by atoms with Crippen molar-refractivity contribution < 1.29 is 9.90 Å². The number of carbonyl (C=O) groups is 1. The molecule has 0 aromatic heterocycles. The van der Waals surface area contributed by atoms with Crippen LogP contribution in [0.1, 0.15) is 37.3 Å². The lowest BCUT2D eigenvalue weighted by Gasteiger charge is -2.07. The zero-order chi connectivity index (χ0) is 12.7. The maximum absolute atomic E-state index is 10.6. The van der Waals surface area contributed by atoms with Crippen molar-refractivity contribution in [2.24, 2.45) is 5.73 Å². The second-order valence-electron chi connectivity index (χ2n) is 4.42. The summed E-state index contributed by atoms with van der Waals surface area (Å²) in [4.78, 5) is 10.6. The number of hydrogen-bond acceptors (Lipinski definition) is 2. The predicted octanol–water partition coefficient (Wildman–Crippen LogP) is 2.37. The smallest absolute Gasteiger partial charge is 0.320 e. The largest absolute Gasteiger partial charge is 0.480 e. The zero-order valence-corrected chi connectivity index (χ0v) is 10.4. The first-order valence-corrected chi connectivity index (χ1v) is 6.19. The first-order valence-electron chi connectivity index (χ1n) is 6.19. The molecule has 94 valence electrons. The lowest BCUT2D eigenvalue weighted by molar-refractivity contribution is -0.138. The normalized spacial score (nSPS) is 12.4. The van der Waals surface area contributed by atoms with Crippen LogP contribution < -0.4 is 5.73 Å². The third-order valence-corrected chi connectivity index (χ3v) is 2.86. The molecule has 0 aliphatic carbocycles. The second kappa shape index (κ2) is 7.07. The average Bonchev–Trinajstić information content (AvgIpc) is 2.31. The Balaban J connectivity index is 2.47. The summed E-state index contributed by atoms with van der Waals surface area (Å²) in [5, 5.41) is 8.72. The highest BCUT2D eigenvalue weighted by atomic mass is 16.4. The van der Waals surface area contributed by atoms with Crippen molar-refractivity contribution in [1.82, 2.24) is 0 Å². The third-order valence-electron chi connectivity index (χ3n) is 2.86. The van der Waals surface area contributed by atoms with E-state index in [-0.39, 0.29) is 0 Å². The Labute approximate surface area is 103 Å². The molecule has 0 heterocycles. The number of nitrogens with two attached hydrogens (primary N) is 1. The summed E-state index contributed by atoms with van der Waals surface area (Å²) in [5.74, 6) is -0.947. The standard InChI is InChI=1S/C14H21NO2/c1-2-3-4-5-11-6-8-12(9-7-11)10-13(15)14(16)17/h6-9,13H,2-5,10,15H2,1H3,(H,16,17)/t13-/m0/s1. The fraction of sp³-hybridized carbons (Fsp3) is 0.500. The van der Waals surface area contributed by atoms with Gasteiger partial charge in [0.25, 0.3) is 0 Å². The molecule has 3 heteroatoms. The summed E-state index contributed by atoms with van der Waals surface area (Å²) in [6, 6.07) is 7.29.